The Labute approximate surface area is 116 Å². The van der Waals surface area contributed by atoms with Gasteiger partial charge in [0.15, 0.2) is 5.82 Å². The van der Waals surface area contributed by atoms with Gasteiger partial charge in [0.25, 0.3) is 0 Å². The molecule has 0 radical (unpaired) electrons. The molecular formula is C11H12BrN3O2S. The van der Waals surface area contributed by atoms with Gasteiger partial charge in [0.2, 0.25) is 5.91 Å². The van der Waals surface area contributed by atoms with Crippen LogP contribution >= 0.6 is 15.9 Å². The van der Waals surface area contributed by atoms with Crippen LogP contribution < -0.4 is 10.2 Å². The summed E-state index contributed by atoms with van der Waals surface area (Å²) in [4.78, 5) is 18.3. The number of carbonyl (C=O) groups excluding carboxylic acids is 1. The summed E-state index contributed by atoms with van der Waals surface area (Å²) in [5, 5.41) is 2.86. The third-order valence-electron chi connectivity index (χ3n) is 3.18. The number of fused-ring (bicyclic) bond motifs is 3. The number of halogens is 1. The molecule has 0 aliphatic carbocycles. The molecule has 96 valence electrons. The summed E-state index contributed by atoms with van der Waals surface area (Å²) in [5.74, 6) is 1.93. The van der Waals surface area contributed by atoms with Crippen LogP contribution in [0.5, 0.6) is 0 Å². The maximum absolute atomic E-state index is 11.8. The van der Waals surface area contributed by atoms with E-state index in [0.29, 0.717) is 24.5 Å². The van der Waals surface area contributed by atoms with Gasteiger partial charge < -0.3 is 10.2 Å². The van der Waals surface area contributed by atoms with Gasteiger partial charge in [-0.25, -0.2) is 4.98 Å². The van der Waals surface area contributed by atoms with Crippen molar-refractivity contribution in [3.05, 3.63) is 16.7 Å². The van der Waals surface area contributed by atoms with E-state index < -0.39 is 10.8 Å². The number of nitrogens with one attached hydrogen (secondary N) is 1. The Morgan fingerprint density at radius 3 is 3.22 bits per heavy atom. The molecule has 1 amide bonds. The average molecular weight is 330 g/mol. The molecule has 0 saturated carbocycles. The van der Waals surface area contributed by atoms with Crippen molar-refractivity contribution in [2.75, 3.05) is 28.3 Å². The molecule has 1 N–H and O–H groups in total. The summed E-state index contributed by atoms with van der Waals surface area (Å²) in [6, 6.07) is 1.85. The lowest BCUT2D eigenvalue weighted by molar-refractivity contribution is -0.116. The van der Waals surface area contributed by atoms with E-state index in [1.54, 1.807) is 6.20 Å². The first-order chi connectivity index (χ1) is 8.63. The molecule has 2 aliphatic rings. The highest BCUT2D eigenvalue weighted by Gasteiger charge is 2.33. The normalized spacial score (nSPS) is 26.9. The molecule has 2 atom stereocenters. The molecule has 1 aromatic heterocycles. The van der Waals surface area contributed by atoms with Gasteiger partial charge in [-0.2, -0.15) is 0 Å². The van der Waals surface area contributed by atoms with Crippen LogP contribution in [0.3, 0.4) is 0 Å². The van der Waals surface area contributed by atoms with E-state index in [1.165, 1.54) is 0 Å². The summed E-state index contributed by atoms with van der Waals surface area (Å²) >= 11 is 3.35. The standard InChI is InChI=1S/C11H12BrN3O2S/c12-7-3-9-11(13-5-7)15-1-2-18(17)6-8(15)4-10(16)14-9/h3,5,8H,1-2,4,6H2,(H,14,16). The van der Waals surface area contributed by atoms with Crippen LogP contribution in [-0.4, -0.2) is 39.2 Å². The smallest absolute Gasteiger partial charge is 0.226 e. The molecule has 5 nitrogen and oxygen atoms in total. The molecule has 1 fully saturated rings. The predicted octanol–water partition coefficient (Wildman–Crippen LogP) is 1.12. The lowest BCUT2D eigenvalue weighted by Crippen LogP contribution is -2.47. The van der Waals surface area contributed by atoms with Crippen molar-refractivity contribution in [3.8, 4) is 0 Å². The number of hydrogen-bond donors (Lipinski definition) is 1. The van der Waals surface area contributed by atoms with Crippen LogP contribution in [0.1, 0.15) is 6.42 Å². The number of pyridine rings is 1. The van der Waals surface area contributed by atoms with Crippen LogP contribution in [0, 0.1) is 0 Å². The molecule has 2 unspecified atom stereocenters. The molecule has 3 rings (SSSR count). The van der Waals surface area contributed by atoms with Gasteiger partial charge in [-0.15, -0.1) is 0 Å². The van der Waals surface area contributed by atoms with Gasteiger partial charge in [0.05, 0.1) is 11.7 Å². The van der Waals surface area contributed by atoms with E-state index in [4.69, 9.17) is 0 Å². The Kier molecular flexibility index (Phi) is 3.11. The zero-order valence-electron chi connectivity index (χ0n) is 9.56. The van der Waals surface area contributed by atoms with Crippen LogP contribution in [0.2, 0.25) is 0 Å². The van der Waals surface area contributed by atoms with E-state index >= 15 is 0 Å². The molecule has 0 aromatic carbocycles. The molecule has 1 saturated heterocycles. The highest BCUT2D eigenvalue weighted by molar-refractivity contribution is 9.10. The van der Waals surface area contributed by atoms with Gasteiger partial charge in [-0.3, -0.25) is 9.00 Å². The van der Waals surface area contributed by atoms with E-state index in [0.717, 1.165) is 16.0 Å². The van der Waals surface area contributed by atoms with E-state index in [-0.39, 0.29) is 11.9 Å². The van der Waals surface area contributed by atoms with Gasteiger partial charge in [-0.1, -0.05) is 0 Å². The SMILES string of the molecule is O=C1CC2CS(=O)CCN2c2ncc(Br)cc2N1. The minimum Gasteiger partial charge on any atom is -0.350 e. The summed E-state index contributed by atoms with van der Waals surface area (Å²) in [7, 11) is -0.821. The topological polar surface area (TPSA) is 62.3 Å². The summed E-state index contributed by atoms with van der Waals surface area (Å²) < 4.78 is 12.5. The van der Waals surface area contributed by atoms with Crippen molar-refractivity contribution >= 4 is 44.1 Å². The Morgan fingerprint density at radius 1 is 1.56 bits per heavy atom. The van der Waals surface area contributed by atoms with Crippen LogP contribution in [0.25, 0.3) is 0 Å². The Balaban J connectivity index is 2.04. The second kappa shape index (κ2) is 4.62. The fourth-order valence-corrected chi connectivity index (χ4v) is 4.01. The second-order valence-corrected chi connectivity index (χ2v) is 6.97. The van der Waals surface area contributed by atoms with Crippen LogP contribution in [-0.2, 0) is 15.6 Å². The van der Waals surface area contributed by atoms with Crippen molar-refractivity contribution in [2.24, 2.45) is 0 Å². The number of anilines is 2. The number of hydrogen-bond acceptors (Lipinski definition) is 4. The predicted molar refractivity (Wildman–Crippen MR) is 74.2 cm³/mol. The quantitative estimate of drug-likeness (QED) is 0.774. The highest BCUT2D eigenvalue weighted by Crippen LogP contribution is 2.32. The molecule has 3 heterocycles. The van der Waals surface area contributed by atoms with Crippen molar-refractivity contribution < 1.29 is 9.00 Å². The first-order valence-electron chi connectivity index (χ1n) is 5.70. The fraction of sp³-hybridized carbons (Fsp3) is 0.455. The van der Waals surface area contributed by atoms with Gasteiger partial charge in [-0.05, 0) is 22.0 Å². The van der Waals surface area contributed by atoms with Gasteiger partial charge in [0, 0.05) is 45.9 Å². The van der Waals surface area contributed by atoms with Crippen molar-refractivity contribution in [3.63, 3.8) is 0 Å². The highest BCUT2D eigenvalue weighted by atomic mass is 79.9. The van der Waals surface area contributed by atoms with E-state index in [1.807, 2.05) is 6.07 Å². The summed E-state index contributed by atoms with van der Waals surface area (Å²) in [6.45, 7) is 0.688. The zero-order chi connectivity index (χ0) is 12.7. The number of nitrogens with zero attached hydrogens (tertiary/aromatic N) is 2. The Hall–Kier alpha value is -0.950. The van der Waals surface area contributed by atoms with Crippen molar-refractivity contribution in [1.29, 1.82) is 0 Å². The largest absolute Gasteiger partial charge is 0.350 e. The maximum atomic E-state index is 11.8. The number of carbonyl (C=O) groups is 1. The molecule has 2 aliphatic heterocycles. The van der Waals surface area contributed by atoms with E-state index in [9.17, 15) is 9.00 Å². The fourth-order valence-electron chi connectivity index (χ4n) is 2.39. The molecule has 7 heteroatoms. The lowest BCUT2D eigenvalue weighted by Gasteiger charge is -2.34. The number of aromatic nitrogens is 1. The summed E-state index contributed by atoms with van der Waals surface area (Å²) in [5.41, 5.74) is 0.726. The third kappa shape index (κ3) is 2.16. The molecular weight excluding hydrogens is 318 g/mol. The Morgan fingerprint density at radius 2 is 2.39 bits per heavy atom. The monoisotopic (exact) mass is 329 g/mol. The number of rotatable bonds is 0. The Bertz CT molecular complexity index is 537. The molecule has 0 bridgehead atoms. The van der Waals surface area contributed by atoms with Crippen LogP contribution in [0.15, 0.2) is 16.7 Å². The minimum absolute atomic E-state index is 0.00508. The summed E-state index contributed by atoms with van der Waals surface area (Å²) in [6.07, 6.45) is 2.10. The second-order valence-electron chi connectivity index (χ2n) is 4.43. The average Bonchev–Trinajstić information content (AvgIpc) is 2.42. The zero-order valence-corrected chi connectivity index (χ0v) is 12.0. The van der Waals surface area contributed by atoms with Crippen molar-refractivity contribution in [2.45, 2.75) is 12.5 Å². The van der Waals surface area contributed by atoms with Gasteiger partial charge in [0.1, 0.15) is 0 Å². The maximum Gasteiger partial charge on any atom is 0.226 e. The van der Waals surface area contributed by atoms with Gasteiger partial charge >= 0.3 is 0 Å². The number of amides is 1. The minimum atomic E-state index is -0.821. The van der Waals surface area contributed by atoms with E-state index in [2.05, 4.69) is 31.1 Å². The molecule has 18 heavy (non-hydrogen) atoms. The molecule has 0 spiro atoms. The first kappa shape index (κ1) is 12.1. The lowest BCUT2D eigenvalue weighted by atomic mass is 10.2. The van der Waals surface area contributed by atoms with Crippen LogP contribution in [0.4, 0.5) is 11.5 Å². The third-order valence-corrected chi connectivity index (χ3v) is 5.01. The molecule has 1 aromatic rings. The first-order valence-corrected chi connectivity index (χ1v) is 7.98. The van der Waals surface area contributed by atoms with Crippen molar-refractivity contribution in [1.82, 2.24) is 4.98 Å².